The molecule has 14 nitrogen and oxygen atoms in total. The highest BCUT2D eigenvalue weighted by Crippen LogP contribution is 2.10. The van der Waals surface area contributed by atoms with Crippen molar-refractivity contribution in [1.82, 2.24) is 21.3 Å². The average molecular weight is 720 g/mol. The van der Waals surface area contributed by atoms with E-state index in [4.69, 9.17) is 19.9 Å². The fraction of sp³-hybridized carbons (Fsp3) is 0.395. The number of ether oxygens (including phenoxy) is 3. The molecule has 0 radical (unpaired) electrons. The molecule has 3 aromatic carbocycles. The van der Waals surface area contributed by atoms with Crippen LogP contribution in [0.5, 0.6) is 0 Å². The molecule has 5 atom stereocenters. The van der Waals surface area contributed by atoms with Crippen LogP contribution in [0.25, 0.3) is 0 Å². The number of carboxylic acid groups (broad SMARTS) is 1. The van der Waals surface area contributed by atoms with E-state index < -0.39 is 66.7 Å². The Hall–Kier alpha value is -5.31. The molecule has 0 aliphatic heterocycles. The maximum atomic E-state index is 13.4. The predicted molar refractivity (Wildman–Crippen MR) is 192 cm³/mol. The number of nitrogens with one attached hydrogen (secondary N) is 4. The minimum Gasteiger partial charge on any atom is -0.480 e. The topological polar surface area (TPSA) is 207 Å². The van der Waals surface area contributed by atoms with Crippen molar-refractivity contribution in [2.75, 3.05) is 13.1 Å². The Morgan fingerprint density at radius 3 is 1.73 bits per heavy atom. The van der Waals surface area contributed by atoms with Gasteiger partial charge in [-0.15, -0.1) is 0 Å². The fourth-order valence-electron chi connectivity index (χ4n) is 4.89. The van der Waals surface area contributed by atoms with Gasteiger partial charge in [-0.25, -0.2) is 9.59 Å². The van der Waals surface area contributed by atoms with Gasteiger partial charge in [0.25, 0.3) is 0 Å². The highest BCUT2D eigenvalue weighted by atomic mass is 16.5. The SMILES string of the molecule is C[C@@H](OCc1ccccc1)[C@H](N)C(=O)NCC(=O)N[C@@H](CCCCNC(=O)OCc1ccccc1)C(=O)N[C@H](C(=O)O)[C@@H](C)OCc1ccccc1. The van der Waals surface area contributed by atoms with Crippen molar-refractivity contribution in [3.05, 3.63) is 108 Å². The van der Waals surface area contributed by atoms with Crippen molar-refractivity contribution in [3.63, 3.8) is 0 Å². The quantitative estimate of drug-likeness (QED) is 0.0838. The second kappa shape index (κ2) is 22.5. The summed E-state index contributed by atoms with van der Waals surface area (Å²) < 4.78 is 16.7. The first-order valence-electron chi connectivity index (χ1n) is 17.1. The summed E-state index contributed by atoms with van der Waals surface area (Å²) in [4.78, 5) is 63.4. The van der Waals surface area contributed by atoms with Crippen LogP contribution in [-0.2, 0) is 53.2 Å². The minimum atomic E-state index is -1.42. The molecule has 0 bridgehead atoms. The van der Waals surface area contributed by atoms with Gasteiger partial charge in [-0.3, -0.25) is 14.4 Å². The third-order valence-corrected chi connectivity index (χ3v) is 8.03. The zero-order valence-electron chi connectivity index (χ0n) is 29.5. The van der Waals surface area contributed by atoms with Gasteiger partial charge in [0.15, 0.2) is 6.04 Å². The number of aliphatic carboxylic acids is 1. The molecule has 3 rings (SSSR count). The van der Waals surface area contributed by atoms with Crippen LogP contribution in [0.15, 0.2) is 91.0 Å². The molecule has 0 fully saturated rings. The molecule has 0 aliphatic carbocycles. The fourth-order valence-corrected chi connectivity index (χ4v) is 4.89. The second-order valence-corrected chi connectivity index (χ2v) is 12.2. The Morgan fingerprint density at radius 2 is 1.19 bits per heavy atom. The van der Waals surface area contributed by atoms with Crippen LogP contribution in [0.4, 0.5) is 4.79 Å². The Kier molecular flexibility index (Phi) is 17.8. The lowest BCUT2D eigenvalue weighted by atomic mass is 10.1. The molecule has 52 heavy (non-hydrogen) atoms. The van der Waals surface area contributed by atoms with Gasteiger partial charge in [0.2, 0.25) is 17.7 Å². The molecule has 0 aromatic heterocycles. The first-order chi connectivity index (χ1) is 25.0. The predicted octanol–water partition coefficient (Wildman–Crippen LogP) is 2.79. The number of nitrogens with two attached hydrogens (primary N) is 1. The first kappa shape index (κ1) is 41.1. The van der Waals surface area contributed by atoms with Crippen molar-refractivity contribution in [2.24, 2.45) is 5.73 Å². The summed E-state index contributed by atoms with van der Waals surface area (Å²) in [6.45, 7) is 3.40. The van der Waals surface area contributed by atoms with Crippen molar-refractivity contribution < 1.29 is 43.3 Å². The maximum Gasteiger partial charge on any atom is 0.407 e. The summed E-state index contributed by atoms with van der Waals surface area (Å²) in [5.74, 6) is -3.39. The maximum absolute atomic E-state index is 13.4. The van der Waals surface area contributed by atoms with Gasteiger partial charge in [0.05, 0.1) is 32.0 Å². The molecule has 4 amide bonds. The van der Waals surface area contributed by atoms with E-state index in [0.29, 0.717) is 12.8 Å². The third-order valence-electron chi connectivity index (χ3n) is 8.03. The van der Waals surface area contributed by atoms with E-state index in [-0.39, 0.29) is 32.8 Å². The van der Waals surface area contributed by atoms with E-state index in [1.165, 1.54) is 6.92 Å². The molecule has 0 unspecified atom stereocenters. The molecular weight excluding hydrogens is 670 g/mol. The minimum absolute atomic E-state index is 0.0989. The number of carbonyl (C=O) groups excluding carboxylic acids is 4. The molecule has 0 saturated heterocycles. The summed E-state index contributed by atoms with van der Waals surface area (Å²) in [5.41, 5.74) is 8.63. The van der Waals surface area contributed by atoms with E-state index in [9.17, 15) is 29.1 Å². The van der Waals surface area contributed by atoms with Crippen LogP contribution in [0, 0.1) is 0 Å². The highest BCUT2D eigenvalue weighted by molar-refractivity contribution is 5.92. The van der Waals surface area contributed by atoms with Gasteiger partial charge in [0.1, 0.15) is 18.7 Å². The Bertz CT molecular complexity index is 1550. The molecule has 14 heteroatoms. The zero-order chi connectivity index (χ0) is 37.7. The third kappa shape index (κ3) is 15.3. The highest BCUT2D eigenvalue weighted by Gasteiger charge is 2.31. The number of carbonyl (C=O) groups is 5. The number of benzene rings is 3. The van der Waals surface area contributed by atoms with Gasteiger partial charge in [0, 0.05) is 6.54 Å². The normalized spacial score (nSPS) is 13.8. The van der Waals surface area contributed by atoms with Crippen LogP contribution in [0.1, 0.15) is 49.8 Å². The van der Waals surface area contributed by atoms with Crippen molar-refractivity contribution in [3.8, 4) is 0 Å². The lowest BCUT2D eigenvalue weighted by Crippen LogP contribution is -2.56. The number of hydrogen-bond acceptors (Lipinski definition) is 9. The largest absolute Gasteiger partial charge is 0.480 e. The Labute approximate surface area is 303 Å². The van der Waals surface area contributed by atoms with Crippen molar-refractivity contribution in [2.45, 2.75) is 83.3 Å². The van der Waals surface area contributed by atoms with Crippen LogP contribution < -0.4 is 27.0 Å². The Balaban J connectivity index is 1.53. The number of amides is 4. The second-order valence-electron chi connectivity index (χ2n) is 12.2. The monoisotopic (exact) mass is 719 g/mol. The lowest BCUT2D eigenvalue weighted by molar-refractivity contribution is -0.147. The van der Waals surface area contributed by atoms with Gasteiger partial charge >= 0.3 is 12.1 Å². The summed E-state index contributed by atoms with van der Waals surface area (Å²) in [6, 6.07) is 24.1. The Morgan fingerprint density at radius 1 is 0.673 bits per heavy atom. The van der Waals surface area contributed by atoms with E-state index in [1.807, 2.05) is 91.0 Å². The molecule has 3 aromatic rings. The van der Waals surface area contributed by atoms with Crippen LogP contribution in [0.3, 0.4) is 0 Å². The molecule has 280 valence electrons. The van der Waals surface area contributed by atoms with Gasteiger partial charge in [-0.05, 0) is 49.8 Å². The van der Waals surface area contributed by atoms with Crippen LogP contribution >= 0.6 is 0 Å². The van der Waals surface area contributed by atoms with Crippen LogP contribution in [0.2, 0.25) is 0 Å². The number of alkyl carbamates (subject to hydrolysis) is 1. The van der Waals surface area contributed by atoms with Crippen LogP contribution in [-0.4, -0.2) is 78.3 Å². The summed E-state index contributed by atoms with van der Waals surface area (Å²) >= 11 is 0. The number of hydrogen-bond donors (Lipinski definition) is 6. The number of unbranched alkanes of at least 4 members (excludes halogenated alkanes) is 1. The zero-order valence-corrected chi connectivity index (χ0v) is 29.5. The smallest absolute Gasteiger partial charge is 0.407 e. The van der Waals surface area contributed by atoms with Gasteiger partial charge in [-0.1, -0.05) is 91.0 Å². The lowest BCUT2D eigenvalue weighted by Gasteiger charge is -2.25. The molecule has 7 N–H and O–H groups in total. The number of rotatable bonds is 22. The van der Waals surface area contributed by atoms with E-state index in [2.05, 4.69) is 21.3 Å². The van der Waals surface area contributed by atoms with Gasteiger partial charge < -0.3 is 46.3 Å². The molecular formula is C38H49N5O9. The molecule has 0 heterocycles. The molecule has 0 spiro atoms. The first-order valence-corrected chi connectivity index (χ1v) is 17.1. The molecule has 0 saturated carbocycles. The summed E-state index contributed by atoms with van der Waals surface area (Å²) in [6.07, 6.45) is -1.30. The standard InChI is InChI=1S/C38H49N5O9/c1-26(50-23-28-14-6-3-7-15-28)33(39)36(46)41-22-32(44)42-31(20-12-13-21-40-38(49)52-25-30-18-10-5-11-19-30)35(45)43-34(37(47)48)27(2)51-24-29-16-8-4-9-17-29/h3-11,14-19,26-27,31,33-34H,12-13,20-25,39H2,1-2H3,(H,40,49)(H,41,46)(H,42,44)(H,43,45)(H,47,48)/t26-,27-,31+,33+,34+/m1/s1. The van der Waals surface area contributed by atoms with Gasteiger partial charge in [-0.2, -0.15) is 0 Å². The van der Waals surface area contributed by atoms with E-state index in [1.54, 1.807) is 6.92 Å². The van der Waals surface area contributed by atoms with Crippen molar-refractivity contribution in [1.29, 1.82) is 0 Å². The van der Waals surface area contributed by atoms with Crippen molar-refractivity contribution >= 4 is 29.8 Å². The van der Waals surface area contributed by atoms with E-state index in [0.717, 1.165) is 16.7 Å². The van der Waals surface area contributed by atoms with E-state index >= 15 is 0 Å². The number of carboxylic acids is 1. The summed E-state index contributed by atoms with van der Waals surface area (Å²) in [5, 5.41) is 20.1. The molecule has 0 aliphatic rings. The summed E-state index contributed by atoms with van der Waals surface area (Å²) in [7, 11) is 0. The average Bonchev–Trinajstić information content (AvgIpc) is 3.16.